The van der Waals surface area contributed by atoms with Crippen molar-refractivity contribution in [3.05, 3.63) is 21.7 Å². The average Bonchev–Trinajstić information content (AvgIpc) is 2.75. The molecule has 110 valence electrons. The molecule has 0 amide bonds. The molecule has 4 nitrogen and oxygen atoms in total. The zero-order valence-corrected chi connectivity index (χ0v) is 12.9. The van der Waals surface area contributed by atoms with Gasteiger partial charge in [0, 0.05) is 25.6 Å². The third kappa shape index (κ3) is 4.42. The Morgan fingerprint density at radius 2 is 2.40 bits per heavy atom. The van der Waals surface area contributed by atoms with Crippen molar-refractivity contribution in [1.29, 1.82) is 0 Å². The van der Waals surface area contributed by atoms with Crippen LogP contribution < -0.4 is 0 Å². The van der Waals surface area contributed by atoms with Crippen LogP contribution in [0, 0.1) is 12.8 Å². The summed E-state index contributed by atoms with van der Waals surface area (Å²) >= 11 is 1.60. The second-order valence-corrected chi connectivity index (χ2v) is 6.64. The highest BCUT2D eigenvalue weighted by atomic mass is 32.1. The molecule has 1 aliphatic heterocycles. The molecule has 1 N–H and O–H groups in total. The van der Waals surface area contributed by atoms with E-state index in [4.69, 9.17) is 5.11 Å². The van der Waals surface area contributed by atoms with Gasteiger partial charge in [0.25, 0.3) is 0 Å². The lowest BCUT2D eigenvalue weighted by Gasteiger charge is -2.30. The van der Waals surface area contributed by atoms with Crippen LogP contribution in [0.2, 0.25) is 0 Å². The highest BCUT2D eigenvalue weighted by molar-refractivity contribution is 7.12. The Hall–Kier alpha value is -1.20. The van der Waals surface area contributed by atoms with Gasteiger partial charge in [0.2, 0.25) is 0 Å². The Labute approximate surface area is 124 Å². The van der Waals surface area contributed by atoms with E-state index in [1.807, 2.05) is 6.92 Å². The summed E-state index contributed by atoms with van der Waals surface area (Å²) in [6, 6.07) is 0. The lowest BCUT2D eigenvalue weighted by Crippen LogP contribution is -2.35. The summed E-state index contributed by atoms with van der Waals surface area (Å²) in [5, 5.41) is 9.76. The van der Waals surface area contributed by atoms with Gasteiger partial charge in [0.15, 0.2) is 0 Å². The fourth-order valence-electron chi connectivity index (χ4n) is 2.62. The average molecular weight is 294 g/mol. The summed E-state index contributed by atoms with van der Waals surface area (Å²) in [7, 11) is 0. The number of nitrogens with zero attached hydrogens (tertiary/aromatic N) is 2. The minimum Gasteiger partial charge on any atom is -0.478 e. The number of carboxylic acids is 1. The Bertz CT molecular complexity index is 496. The van der Waals surface area contributed by atoms with E-state index in [0.29, 0.717) is 0 Å². The van der Waals surface area contributed by atoms with Gasteiger partial charge < -0.3 is 10.0 Å². The number of carboxylic acid groups (broad SMARTS) is 1. The maximum Gasteiger partial charge on any atom is 0.328 e. The molecule has 0 bridgehead atoms. The van der Waals surface area contributed by atoms with Gasteiger partial charge in [-0.3, -0.25) is 0 Å². The normalized spacial score (nSPS) is 20.6. The Morgan fingerprint density at radius 1 is 1.60 bits per heavy atom. The van der Waals surface area contributed by atoms with E-state index in [0.717, 1.165) is 34.5 Å². The first-order valence-electron chi connectivity index (χ1n) is 7.14. The molecule has 2 heterocycles. The van der Waals surface area contributed by atoms with Crippen LogP contribution in [0.5, 0.6) is 0 Å². The third-order valence-corrected chi connectivity index (χ3v) is 4.82. The molecule has 1 fully saturated rings. The van der Waals surface area contributed by atoms with Crippen LogP contribution in [-0.2, 0) is 11.2 Å². The summed E-state index contributed by atoms with van der Waals surface area (Å²) < 4.78 is 0. The van der Waals surface area contributed by atoms with Crippen molar-refractivity contribution in [1.82, 2.24) is 9.88 Å². The second kappa shape index (κ2) is 6.99. The number of rotatable bonds is 5. The van der Waals surface area contributed by atoms with Gasteiger partial charge in [-0.1, -0.05) is 6.92 Å². The van der Waals surface area contributed by atoms with Crippen LogP contribution in [0.15, 0.2) is 6.08 Å². The number of likely N-dealkylation sites (tertiary alicyclic amines) is 1. The number of piperidine rings is 1. The molecular formula is C15H22N2O2S. The maximum atomic E-state index is 10.5. The van der Waals surface area contributed by atoms with Crippen molar-refractivity contribution in [2.24, 2.45) is 5.92 Å². The number of aromatic nitrogens is 1. The first kappa shape index (κ1) is 15.2. The Balaban J connectivity index is 1.90. The monoisotopic (exact) mass is 294 g/mol. The van der Waals surface area contributed by atoms with E-state index < -0.39 is 5.97 Å². The molecule has 1 unspecified atom stereocenters. The van der Waals surface area contributed by atoms with Gasteiger partial charge in [0.1, 0.15) is 0 Å². The molecule has 0 radical (unpaired) electrons. The zero-order chi connectivity index (χ0) is 14.5. The lowest BCUT2D eigenvalue weighted by atomic mass is 10.0. The van der Waals surface area contributed by atoms with Crippen molar-refractivity contribution in [3.63, 3.8) is 0 Å². The summed E-state index contributed by atoms with van der Waals surface area (Å²) in [5.41, 5.74) is 0.925. The molecule has 5 heteroatoms. The van der Waals surface area contributed by atoms with Gasteiger partial charge in [0.05, 0.1) is 15.6 Å². The van der Waals surface area contributed by atoms with Gasteiger partial charge >= 0.3 is 5.97 Å². The Morgan fingerprint density at radius 3 is 3.10 bits per heavy atom. The highest BCUT2D eigenvalue weighted by Gasteiger charge is 2.16. The van der Waals surface area contributed by atoms with E-state index in [1.54, 1.807) is 17.4 Å². The molecule has 2 rings (SSSR count). The molecule has 1 aromatic heterocycles. The number of thiazole rings is 1. The summed E-state index contributed by atoms with van der Waals surface area (Å²) in [5.74, 6) is -0.113. The van der Waals surface area contributed by atoms with Crippen molar-refractivity contribution < 1.29 is 9.90 Å². The van der Waals surface area contributed by atoms with Gasteiger partial charge in [-0.05, 0) is 38.3 Å². The van der Waals surface area contributed by atoms with Crippen molar-refractivity contribution in [3.8, 4) is 0 Å². The summed E-state index contributed by atoms with van der Waals surface area (Å²) in [6.07, 6.45) is 6.42. The second-order valence-electron chi connectivity index (χ2n) is 5.53. The minimum absolute atomic E-state index is 0.802. The molecule has 0 aliphatic carbocycles. The van der Waals surface area contributed by atoms with Crippen LogP contribution in [0.1, 0.15) is 35.3 Å². The van der Waals surface area contributed by atoms with Gasteiger partial charge in [-0.2, -0.15) is 0 Å². The lowest BCUT2D eigenvalue weighted by molar-refractivity contribution is -0.131. The third-order valence-electron chi connectivity index (χ3n) is 3.64. The quantitative estimate of drug-likeness (QED) is 0.848. The SMILES string of the molecule is Cc1nc(CCN2CCCC(C)C2)sc1/C=C/C(=O)O. The van der Waals surface area contributed by atoms with Crippen LogP contribution >= 0.6 is 11.3 Å². The Kier molecular flexibility index (Phi) is 5.31. The number of hydrogen-bond acceptors (Lipinski definition) is 4. The highest BCUT2D eigenvalue weighted by Crippen LogP contribution is 2.21. The number of aryl methyl sites for hydroxylation is 1. The van der Waals surface area contributed by atoms with E-state index in [1.165, 1.54) is 32.0 Å². The van der Waals surface area contributed by atoms with Gasteiger partial charge in [-0.25, -0.2) is 9.78 Å². The van der Waals surface area contributed by atoms with E-state index in [-0.39, 0.29) is 0 Å². The topological polar surface area (TPSA) is 53.4 Å². The van der Waals surface area contributed by atoms with E-state index >= 15 is 0 Å². The molecule has 20 heavy (non-hydrogen) atoms. The van der Waals surface area contributed by atoms with Crippen LogP contribution in [-0.4, -0.2) is 40.6 Å². The molecule has 0 saturated carbocycles. The summed E-state index contributed by atoms with van der Waals surface area (Å²) in [6.45, 7) is 7.69. The largest absolute Gasteiger partial charge is 0.478 e. The number of carbonyl (C=O) groups is 1. The summed E-state index contributed by atoms with van der Waals surface area (Å²) in [4.78, 5) is 18.5. The fraction of sp³-hybridized carbons (Fsp3) is 0.600. The first-order valence-corrected chi connectivity index (χ1v) is 7.96. The number of hydrogen-bond donors (Lipinski definition) is 1. The van der Waals surface area contributed by atoms with Crippen LogP contribution in [0.4, 0.5) is 0 Å². The van der Waals surface area contributed by atoms with Gasteiger partial charge in [-0.15, -0.1) is 11.3 Å². The molecule has 1 aromatic rings. The van der Waals surface area contributed by atoms with E-state index in [2.05, 4.69) is 16.8 Å². The first-order chi connectivity index (χ1) is 9.54. The molecule has 1 aliphatic rings. The maximum absolute atomic E-state index is 10.5. The minimum atomic E-state index is -0.915. The van der Waals surface area contributed by atoms with E-state index in [9.17, 15) is 4.79 Å². The zero-order valence-electron chi connectivity index (χ0n) is 12.1. The van der Waals surface area contributed by atoms with Crippen LogP contribution in [0.25, 0.3) is 6.08 Å². The molecule has 1 atom stereocenters. The predicted molar refractivity (Wildman–Crippen MR) is 82.1 cm³/mol. The smallest absolute Gasteiger partial charge is 0.328 e. The predicted octanol–water partition coefficient (Wildman–Crippen LogP) is 2.82. The van der Waals surface area contributed by atoms with Crippen LogP contribution in [0.3, 0.4) is 0 Å². The molecule has 1 saturated heterocycles. The van der Waals surface area contributed by atoms with Crippen molar-refractivity contribution in [2.75, 3.05) is 19.6 Å². The molecule has 0 spiro atoms. The number of aliphatic carboxylic acids is 1. The van der Waals surface area contributed by atoms with Crippen molar-refractivity contribution >= 4 is 23.4 Å². The standard InChI is InChI=1S/C15H22N2O2S/c1-11-4-3-8-17(10-11)9-7-14-16-12(2)13(20-14)5-6-15(18)19/h5-6,11H,3-4,7-10H2,1-2H3,(H,18,19)/b6-5+. The van der Waals surface area contributed by atoms with Crippen molar-refractivity contribution in [2.45, 2.75) is 33.1 Å². The molecular weight excluding hydrogens is 272 g/mol. The fourth-order valence-corrected chi connectivity index (χ4v) is 3.58. The molecule has 0 aromatic carbocycles.